The van der Waals surface area contributed by atoms with Crippen LogP contribution < -0.4 is 0 Å². The Balaban J connectivity index is 1.68. The molecule has 1 aromatic carbocycles. The molecule has 2 aliphatic rings. The summed E-state index contributed by atoms with van der Waals surface area (Å²) in [5.74, 6) is -0.0189. The standard InChI is InChI=1S/C28H42O6/c1-15(2)21-13-7-17(5)23(29)25(21)33-27(31)19-9-11-20(12-10-19)28(32)34-26-22(16(3)4)14-8-18(6)24(26)30/h9-12,15-18,21-26,29-30H,7-8,13-14H2,1-6H3. The van der Waals surface area contributed by atoms with E-state index in [1.165, 1.54) is 0 Å². The number of aliphatic hydroxyl groups excluding tert-OH is 2. The summed E-state index contributed by atoms with van der Waals surface area (Å²) in [6, 6.07) is 6.23. The zero-order valence-corrected chi connectivity index (χ0v) is 21.4. The average Bonchev–Trinajstić information content (AvgIpc) is 2.79. The van der Waals surface area contributed by atoms with Crippen molar-refractivity contribution in [2.45, 2.75) is 91.6 Å². The van der Waals surface area contributed by atoms with Crippen molar-refractivity contribution in [1.82, 2.24) is 0 Å². The lowest BCUT2D eigenvalue weighted by atomic mass is 9.73. The van der Waals surface area contributed by atoms with Crippen LogP contribution in [0.3, 0.4) is 0 Å². The monoisotopic (exact) mass is 474 g/mol. The summed E-state index contributed by atoms with van der Waals surface area (Å²) in [6.45, 7) is 12.3. The molecular weight excluding hydrogens is 432 g/mol. The highest BCUT2D eigenvalue weighted by Crippen LogP contribution is 2.37. The first kappa shape index (κ1) is 26.7. The molecule has 8 atom stereocenters. The molecule has 2 fully saturated rings. The van der Waals surface area contributed by atoms with Crippen LogP contribution in [-0.2, 0) is 9.47 Å². The third-order valence-electron chi connectivity index (χ3n) is 8.15. The van der Waals surface area contributed by atoms with Gasteiger partial charge in [-0.25, -0.2) is 9.59 Å². The number of esters is 2. The van der Waals surface area contributed by atoms with Crippen molar-refractivity contribution in [3.05, 3.63) is 35.4 Å². The van der Waals surface area contributed by atoms with E-state index >= 15 is 0 Å². The van der Waals surface area contributed by atoms with Gasteiger partial charge in [-0.3, -0.25) is 0 Å². The molecule has 6 heteroatoms. The molecule has 0 aromatic heterocycles. The summed E-state index contributed by atoms with van der Waals surface area (Å²) < 4.78 is 11.6. The highest BCUT2D eigenvalue weighted by atomic mass is 16.6. The molecule has 0 heterocycles. The Kier molecular flexibility index (Phi) is 8.80. The van der Waals surface area contributed by atoms with E-state index < -0.39 is 36.4 Å². The molecule has 2 saturated carbocycles. The van der Waals surface area contributed by atoms with E-state index in [0.29, 0.717) is 23.0 Å². The van der Waals surface area contributed by atoms with Crippen molar-refractivity contribution in [3.63, 3.8) is 0 Å². The quantitative estimate of drug-likeness (QED) is 0.572. The minimum Gasteiger partial charge on any atom is -0.456 e. The highest BCUT2D eigenvalue weighted by molar-refractivity contribution is 5.93. The fourth-order valence-corrected chi connectivity index (χ4v) is 5.60. The van der Waals surface area contributed by atoms with Crippen LogP contribution in [0.4, 0.5) is 0 Å². The molecule has 34 heavy (non-hydrogen) atoms. The van der Waals surface area contributed by atoms with Gasteiger partial charge in [-0.1, -0.05) is 41.5 Å². The molecule has 0 amide bonds. The van der Waals surface area contributed by atoms with Gasteiger partial charge in [0.1, 0.15) is 12.2 Å². The minimum atomic E-state index is -0.683. The van der Waals surface area contributed by atoms with Gasteiger partial charge in [0.15, 0.2) is 0 Å². The highest BCUT2D eigenvalue weighted by Gasteiger charge is 2.42. The zero-order chi connectivity index (χ0) is 25.2. The Hall–Kier alpha value is -1.92. The molecule has 0 spiro atoms. The van der Waals surface area contributed by atoms with Crippen LogP contribution in [-0.4, -0.2) is 46.6 Å². The maximum Gasteiger partial charge on any atom is 0.338 e. The molecule has 1 aromatic rings. The molecule has 2 aliphatic carbocycles. The summed E-state index contributed by atoms with van der Waals surface area (Å²) in [5.41, 5.74) is 0.659. The van der Waals surface area contributed by atoms with Gasteiger partial charge >= 0.3 is 11.9 Å². The number of carbonyl (C=O) groups is 2. The molecule has 0 radical (unpaired) electrons. The molecule has 2 N–H and O–H groups in total. The third-order valence-corrected chi connectivity index (χ3v) is 8.15. The van der Waals surface area contributed by atoms with Crippen molar-refractivity contribution < 1.29 is 29.3 Å². The van der Waals surface area contributed by atoms with Crippen molar-refractivity contribution in [2.24, 2.45) is 35.5 Å². The minimum absolute atomic E-state index is 0.0810. The lowest BCUT2D eigenvalue weighted by Gasteiger charge is -2.40. The van der Waals surface area contributed by atoms with Crippen LogP contribution in [0, 0.1) is 35.5 Å². The number of benzene rings is 1. The van der Waals surface area contributed by atoms with Gasteiger partial charge in [-0.05, 0) is 73.6 Å². The Labute approximate surface area is 204 Å². The second-order valence-corrected chi connectivity index (χ2v) is 11.2. The number of carbonyl (C=O) groups excluding carboxylic acids is 2. The maximum atomic E-state index is 12.8. The SMILES string of the molecule is CC(C)C1CCC(C)C(O)C1OC(=O)c1ccc(C(=O)OC2C(O)C(C)CCC2C(C)C)cc1. The number of ether oxygens (including phenoxy) is 2. The predicted octanol–water partition coefficient (Wildman–Crippen LogP) is 4.86. The molecule has 190 valence electrons. The molecule has 0 aliphatic heterocycles. The van der Waals surface area contributed by atoms with E-state index in [1.54, 1.807) is 24.3 Å². The Morgan fingerprint density at radius 1 is 0.706 bits per heavy atom. The van der Waals surface area contributed by atoms with E-state index in [4.69, 9.17) is 9.47 Å². The summed E-state index contributed by atoms with van der Waals surface area (Å²) in [6.07, 6.45) is 1.23. The van der Waals surface area contributed by atoms with Crippen molar-refractivity contribution in [2.75, 3.05) is 0 Å². The first-order valence-corrected chi connectivity index (χ1v) is 12.9. The number of aliphatic hydroxyl groups is 2. The average molecular weight is 475 g/mol. The molecule has 8 unspecified atom stereocenters. The topological polar surface area (TPSA) is 93.1 Å². The van der Waals surface area contributed by atoms with Gasteiger partial charge in [-0.15, -0.1) is 0 Å². The number of hydrogen-bond acceptors (Lipinski definition) is 6. The fourth-order valence-electron chi connectivity index (χ4n) is 5.60. The number of hydrogen-bond donors (Lipinski definition) is 2. The smallest absolute Gasteiger partial charge is 0.338 e. The van der Waals surface area contributed by atoms with E-state index in [0.717, 1.165) is 25.7 Å². The molecule has 3 rings (SSSR count). The lowest BCUT2D eigenvalue weighted by molar-refractivity contribution is -0.0943. The number of rotatable bonds is 6. The predicted molar refractivity (Wildman–Crippen MR) is 130 cm³/mol. The maximum absolute atomic E-state index is 12.8. The van der Waals surface area contributed by atoms with Gasteiger partial charge in [-0.2, -0.15) is 0 Å². The van der Waals surface area contributed by atoms with Crippen LogP contribution in [0.25, 0.3) is 0 Å². The van der Waals surface area contributed by atoms with Gasteiger partial charge in [0.2, 0.25) is 0 Å². The first-order valence-electron chi connectivity index (χ1n) is 12.9. The normalized spacial score (nSPS) is 34.2. The molecule has 6 nitrogen and oxygen atoms in total. The van der Waals surface area contributed by atoms with E-state index in [9.17, 15) is 19.8 Å². The lowest BCUT2D eigenvalue weighted by Crippen LogP contribution is -2.47. The Morgan fingerprint density at radius 2 is 1.03 bits per heavy atom. The Morgan fingerprint density at radius 3 is 1.32 bits per heavy atom. The van der Waals surface area contributed by atoms with E-state index in [2.05, 4.69) is 27.7 Å². The van der Waals surface area contributed by atoms with Crippen LogP contribution in [0.15, 0.2) is 24.3 Å². The van der Waals surface area contributed by atoms with Gasteiger partial charge in [0.05, 0.1) is 23.3 Å². The Bertz CT molecular complexity index is 763. The van der Waals surface area contributed by atoms with Crippen LogP contribution in [0.2, 0.25) is 0 Å². The van der Waals surface area contributed by atoms with Crippen molar-refractivity contribution in [1.29, 1.82) is 0 Å². The van der Waals surface area contributed by atoms with Crippen molar-refractivity contribution in [3.8, 4) is 0 Å². The third kappa shape index (κ3) is 5.83. The van der Waals surface area contributed by atoms with Gasteiger partial charge in [0.25, 0.3) is 0 Å². The van der Waals surface area contributed by atoms with Crippen LogP contribution in [0.5, 0.6) is 0 Å². The van der Waals surface area contributed by atoms with Gasteiger partial charge < -0.3 is 19.7 Å². The summed E-state index contributed by atoms with van der Waals surface area (Å²) >= 11 is 0. The van der Waals surface area contributed by atoms with Gasteiger partial charge in [0, 0.05) is 11.8 Å². The van der Waals surface area contributed by atoms with Crippen LogP contribution >= 0.6 is 0 Å². The van der Waals surface area contributed by atoms with E-state index in [-0.39, 0.29) is 23.7 Å². The molecule has 0 bridgehead atoms. The van der Waals surface area contributed by atoms with Crippen molar-refractivity contribution >= 4 is 11.9 Å². The molecular formula is C28H42O6. The summed E-state index contributed by atoms with van der Waals surface area (Å²) in [4.78, 5) is 25.7. The summed E-state index contributed by atoms with van der Waals surface area (Å²) in [5, 5.41) is 21.3. The second-order valence-electron chi connectivity index (χ2n) is 11.2. The van der Waals surface area contributed by atoms with E-state index in [1.807, 2.05) is 13.8 Å². The fraction of sp³-hybridized carbons (Fsp3) is 0.714. The first-order chi connectivity index (χ1) is 16.0. The van der Waals surface area contributed by atoms with Crippen LogP contribution in [0.1, 0.15) is 87.9 Å². The zero-order valence-electron chi connectivity index (χ0n) is 21.4. The molecule has 0 saturated heterocycles. The second kappa shape index (κ2) is 11.2. The summed E-state index contributed by atoms with van der Waals surface area (Å²) in [7, 11) is 0. The largest absolute Gasteiger partial charge is 0.456 e.